The Hall–Kier alpha value is -1.89. The minimum Gasteiger partial charge on any atom is -0.467 e. The van der Waals surface area contributed by atoms with Crippen LogP contribution in [0.3, 0.4) is 0 Å². The van der Waals surface area contributed by atoms with E-state index in [0.29, 0.717) is 16.8 Å². The number of rotatable bonds is 4. The van der Waals surface area contributed by atoms with Gasteiger partial charge in [-0.1, -0.05) is 32.1 Å². The summed E-state index contributed by atoms with van der Waals surface area (Å²) in [6.07, 6.45) is 9.76. The quantitative estimate of drug-likeness (QED) is 0.766. The van der Waals surface area contributed by atoms with E-state index >= 15 is 0 Å². The lowest BCUT2D eigenvalue weighted by Gasteiger charge is -2.56. The molecule has 0 atom stereocenters. The van der Waals surface area contributed by atoms with Crippen molar-refractivity contribution in [2.75, 3.05) is 6.54 Å². The fraction of sp³-hybridized carbons (Fsp3) is 0.696. The molecule has 30 heavy (non-hydrogen) atoms. The van der Waals surface area contributed by atoms with E-state index < -0.39 is 0 Å². The van der Waals surface area contributed by atoms with Crippen LogP contribution in [0.5, 0.6) is 0 Å². The number of nitrogens with one attached hydrogen (secondary N) is 1. The smallest absolute Gasteiger partial charge is 0.343 e. The molecule has 162 valence electrons. The minimum atomic E-state index is -0.247. The molecule has 4 saturated carbocycles. The summed E-state index contributed by atoms with van der Waals surface area (Å²) >= 11 is 1.48. The van der Waals surface area contributed by atoms with Crippen LogP contribution in [0.4, 0.5) is 4.79 Å². The van der Waals surface area contributed by atoms with Crippen LogP contribution in [0, 0.1) is 23.2 Å². The van der Waals surface area contributed by atoms with Crippen molar-refractivity contribution in [1.29, 1.82) is 0 Å². The molecule has 0 unspecified atom stereocenters. The topological polar surface area (TPSA) is 72.4 Å². The number of hydrogen-bond donors (Lipinski definition) is 1. The van der Waals surface area contributed by atoms with Gasteiger partial charge in [0.05, 0.1) is 6.26 Å². The van der Waals surface area contributed by atoms with Crippen LogP contribution in [0.15, 0.2) is 27.8 Å². The van der Waals surface area contributed by atoms with Crippen molar-refractivity contribution < 1.29 is 9.21 Å². The minimum absolute atomic E-state index is 0.0982. The van der Waals surface area contributed by atoms with Crippen molar-refractivity contribution in [3.63, 3.8) is 0 Å². The van der Waals surface area contributed by atoms with Crippen molar-refractivity contribution in [3.8, 4) is 0 Å². The first-order valence-corrected chi connectivity index (χ1v) is 12.0. The number of amides is 2. The SMILES string of the molecule is CC(C)(C)c1nn(Cc2ccco2)/c(=N/C(=O)NCC23CC4CC(CC(C4)C2)C3)s1. The van der Waals surface area contributed by atoms with E-state index in [1.807, 2.05) is 12.1 Å². The van der Waals surface area contributed by atoms with Gasteiger partial charge in [-0.25, -0.2) is 9.48 Å². The van der Waals surface area contributed by atoms with Crippen molar-refractivity contribution in [3.05, 3.63) is 34.0 Å². The molecule has 0 aromatic carbocycles. The molecule has 2 aromatic heterocycles. The normalized spacial score (nSPS) is 30.8. The van der Waals surface area contributed by atoms with Gasteiger partial charge in [0, 0.05) is 12.0 Å². The van der Waals surface area contributed by atoms with Crippen molar-refractivity contribution in [2.45, 2.75) is 71.3 Å². The molecule has 0 radical (unpaired) electrons. The van der Waals surface area contributed by atoms with Gasteiger partial charge in [-0.2, -0.15) is 10.1 Å². The first-order chi connectivity index (χ1) is 14.3. The molecule has 7 heteroatoms. The van der Waals surface area contributed by atoms with Gasteiger partial charge in [0.2, 0.25) is 4.80 Å². The van der Waals surface area contributed by atoms with Gasteiger partial charge >= 0.3 is 6.03 Å². The Morgan fingerprint density at radius 2 is 1.93 bits per heavy atom. The van der Waals surface area contributed by atoms with Gasteiger partial charge in [0.1, 0.15) is 17.3 Å². The van der Waals surface area contributed by atoms with Crippen molar-refractivity contribution >= 4 is 17.4 Å². The standard InChI is InChI=1S/C23H32N4O2S/c1-22(2,3)19-26-27(13-18-5-4-6-29-18)21(30-19)25-20(28)24-14-23-10-15-7-16(11-23)9-17(8-15)12-23/h4-6,15-17H,7-14H2,1-3H3,(H,24,28)/b25-21-. The lowest BCUT2D eigenvalue weighted by atomic mass is 9.49. The number of nitrogens with zero attached hydrogens (tertiary/aromatic N) is 3. The molecular weight excluding hydrogens is 396 g/mol. The summed E-state index contributed by atoms with van der Waals surface area (Å²) in [5.41, 5.74) is 0.216. The molecule has 4 fully saturated rings. The maximum Gasteiger partial charge on any atom is 0.343 e. The third-order valence-electron chi connectivity index (χ3n) is 7.12. The summed E-state index contributed by atoms with van der Waals surface area (Å²) in [4.78, 5) is 17.8. The number of aromatic nitrogens is 2. The van der Waals surface area contributed by atoms with Crippen LogP contribution < -0.4 is 10.1 Å². The van der Waals surface area contributed by atoms with Gasteiger partial charge in [-0.3, -0.25) is 0 Å². The van der Waals surface area contributed by atoms with E-state index in [-0.39, 0.29) is 11.4 Å². The lowest BCUT2D eigenvalue weighted by Crippen LogP contribution is -2.51. The summed E-state index contributed by atoms with van der Waals surface area (Å²) in [5, 5.41) is 8.84. The average Bonchev–Trinajstić information content (AvgIpc) is 3.30. The number of hydrogen-bond acceptors (Lipinski definition) is 4. The predicted molar refractivity (Wildman–Crippen MR) is 116 cm³/mol. The van der Waals surface area contributed by atoms with Gasteiger partial charge in [-0.05, 0) is 73.8 Å². The fourth-order valence-electron chi connectivity index (χ4n) is 6.24. The van der Waals surface area contributed by atoms with Gasteiger partial charge in [0.15, 0.2) is 0 Å². The molecule has 6 rings (SSSR count). The molecular formula is C23H32N4O2S. The van der Waals surface area contributed by atoms with Crippen LogP contribution >= 0.6 is 11.3 Å². The molecule has 4 aliphatic carbocycles. The molecule has 0 spiro atoms. The number of carbonyl (C=O) groups is 1. The Bertz CT molecular complexity index is 944. The summed E-state index contributed by atoms with van der Waals surface area (Å²) in [6, 6.07) is 3.53. The van der Waals surface area contributed by atoms with Crippen LogP contribution in [-0.4, -0.2) is 22.4 Å². The highest BCUT2D eigenvalue weighted by Crippen LogP contribution is 2.59. The number of furan rings is 1. The Kier molecular flexibility index (Phi) is 4.92. The van der Waals surface area contributed by atoms with Gasteiger partial charge in [-0.15, -0.1) is 0 Å². The van der Waals surface area contributed by atoms with E-state index in [1.54, 1.807) is 10.9 Å². The third-order valence-corrected chi connectivity index (χ3v) is 8.50. The maximum absolute atomic E-state index is 12.8. The number of carbonyl (C=O) groups excluding carboxylic acids is 1. The van der Waals surface area contributed by atoms with Gasteiger partial charge in [0.25, 0.3) is 0 Å². The fourth-order valence-corrected chi connectivity index (χ4v) is 7.20. The second-order valence-corrected chi connectivity index (χ2v) is 11.8. The molecule has 6 nitrogen and oxygen atoms in total. The predicted octanol–water partition coefficient (Wildman–Crippen LogP) is 4.71. The highest BCUT2D eigenvalue weighted by Gasteiger charge is 2.50. The highest BCUT2D eigenvalue weighted by atomic mass is 32.1. The zero-order chi connectivity index (χ0) is 20.9. The molecule has 4 aliphatic rings. The monoisotopic (exact) mass is 428 g/mol. The van der Waals surface area contributed by atoms with E-state index in [0.717, 1.165) is 35.1 Å². The van der Waals surface area contributed by atoms with Crippen molar-refractivity contribution in [2.24, 2.45) is 28.2 Å². The van der Waals surface area contributed by atoms with E-state index in [2.05, 4.69) is 31.1 Å². The molecule has 4 bridgehead atoms. The van der Waals surface area contributed by atoms with Crippen LogP contribution in [-0.2, 0) is 12.0 Å². The van der Waals surface area contributed by atoms with E-state index in [9.17, 15) is 4.79 Å². The molecule has 0 saturated heterocycles. The zero-order valence-corrected chi connectivity index (χ0v) is 19.0. The lowest BCUT2D eigenvalue weighted by molar-refractivity contribution is -0.0497. The number of urea groups is 1. The van der Waals surface area contributed by atoms with Crippen LogP contribution in [0.1, 0.15) is 70.1 Å². The van der Waals surface area contributed by atoms with E-state index in [4.69, 9.17) is 9.52 Å². The maximum atomic E-state index is 12.8. The average molecular weight is 429 g/mol. The summed E-state index contributed by atoms with van der Waals surface area (Å²) in [5.74, 6) is 3.46. The molecule has 1 N–H and O–H groups in total. The Balaban J connectivity index is 1.33. The largest absolute Gasteiger partial charge is 0.467 e. The first kappa shape index (κ1) is 20.0. The van der Waals surface area contributed by atoms with Crippen LogP contribution in [0.25, 0.3) is 0 Å². The Morgan fingerprint density at radius 3 is 2.50 bits per heavy atom. The molecule has 0 aliphatic heterocycles. The van der Waals surface area contributed by atoms with Crippen molar-refractivity contribution in [1.82, 2.24) is 15.1 Å². The summed E-state index contributed by atoms with van der Waals surface area (Å²) in [7, 11) is 0. The Morgan fingerprint density at radius 1 is 1.27 bits per heavy atom. The second kappa shape index (κ2) is 7.36. The summed E-state index contributed by atoms with van der Waals surface area (Å²) < 4.78 is 7.27. The van der Waals surface area contributed by atoms with Gasteiger partial charge < -0.3 is 9.73 Å². The van der Waals surface area contributed by atoms with Crippen LogP contribution in [0.2, 0.25) is 0 Å². The third kappa shape index (κ3) is 4.01. The second-order valence-electron chi connectivity index (χ2n) is 10.9. The zero-order valence-electron chi connectivity index (χ0n) is 18.2. The summed E-state index contributed by atoms with van der Waals surface area (Å²) in [6.45, 7) is 7.61. The Labute approximate surface area is 181 Å². The molecule has 2 heterocycles. The molecule has 2 amide bonds. The highest BCUT2D eigenvalue weighted by molar-refractivity contribution is 7.09. The van der Waals surface area contributed by atoms with E-state index in [1.165, 1.54) is 49.9 Å². The first-order valence-electron chi connectivity index (χ1n) is 11.2. The molecule has 2 aromatic rings.